The van der Waals surface area contributed by atoms with Gasteiger partial charge < -0.3 is 24.0 Å². The quantitative estimate of drug-likeness (QED) is 0.259. The monoisotopic (exact) mass is 457 g/mol. The number of carbonyl (C=O) groups excluding carboxylic acids is 1. The van der Waals surface area contributed by atoms with E-state index in [4.69, 9.17) is 14.2 Å². The summed E-state index contributed by atoms with van der Waals surface area (Å²) in [5.41, 5.74) is -1.61. The van der Waals surface area contributed by atoms with Crippen LogP contribution in [-0.4, -0.2) is 69.3 Å². The largest absolute Gasteiger partial charge is 0.427 e. The van der Waals surface area contributed by atoms with Gasteiger partial charge in [0.2, 0.25) is 5.78 Å². The van der Waals surface area contributed by atoms with Gasteiger partial charge in [0.05, 0.1) is 0 Å². The van der Waals surface area contributed by atoms with Crippen LogP contribution in [0.1, 0.15) is 20.1 Å². The topological polar surface area (TPSA) is 218 Å². The lowest BCUT2D eigenvalue weighted by Gasteiger charge is -2.25. The molecular formula is C13H19N2O12P2+. The first-order chi connectivity index (χ1) is 13.1. The van der Waals surface area contributed by atoms with E-state index in [-0.39, 0.29) is 0 Å². The molecule has 162 valence electrons. The normalized spacial score (nSPS) is 30.2. The molecule has 2 aliphatic heterocycles. The second-order valence-corrected chi connectivity index (χ2v) is 10.9. The van der Waals surface area contributed by atoms with E-state index in [9.17, 15) is 43.4 Å². The number of aromatic nitrogens is 2. The Balaban J connectivity index is 2.04. The van der Waals surface area contributed by atoms with Gasteiger partial charge in [0.15, 0.2) is 18.1 Å². The third-order valence-corrected chi connectivity index (χ3v) is 7.97. The maximum Gasteiger partial charge on any atom is 0.427 e. The Morgan fingerprint density at radius 3 is 2.34 bits per heavy atom. The Bertz CT molecular complexity index is 975. The summed E-state index contributed by atoms with van der Waals surface area (Å²) < 4.78 is 29.1. The molecule has 0 bridgehead atoms. The average Bonchev–Trinajstić information content (AvgIpc) is 2.97. The van der Waals surface area contributed by atoms with Gasteiger partial charge in [-0.3, -0.25) is 23.7 Å². The molecule has 29 heavy (non-hydrogen) atoms. The van der Waals surface area contributed by atoms with Crippen molar-refractivity contribution in [1.82, 2.24) is 9.55 Å². The van der Waals surface area contributed by atoms with Crippen molar-refractivity contribution in [2.45, 2.75) is 49.6 Å². The highest BCUT2D eigenvalue weighted by molar-refractivity contribution is 7.76. The highest BCUT2D eigenvalue weighted by atomic mass is 31.3. The number of aromatic amines is 1. The lowest BCUT2D eigenvalue weighted by atomic mass is 10.1. The van der Waals surface area contributed by atoms with Gasteiger partial charge in [0, 0.05) is 12.3 Å². The second kappa shape index (κ2) is 7.13. The van der Waals surface area contributed by atoms with Gasteiger partial charge in [0.25, 0.3) is 5.56 Å². The van der Waals surface area contributed by atoms with E-state index in [2.05, 4.69) is 0 Å². The molecule has 3 rings (SSSR count). The molecular weight excluding hydrogens is 438 g/mol. The van der Waals surface area contributed by atoms with Crippen molar-refractivity contribution in [2.24, 2.45) is 0 Å². The first-order valence-corrected chi connectivity index (χ1v) is 11.5. The molecule has 0 saturated carbocycles. The van der Waals surface area contributed by atoms with Gasteiger partial charge in [0.1, 0.15) is 12.2 Å². The molecule has 0 radical (unpaired) electrons. The molecule has 1 unspecified atom stereocenters. The standard InChI is InChI=1S/C13H18N2O12P2/c1-13(2)26-8-7(6(17)11(28(19,20)21)29(22,23)24)25-10(9(8)27-13)15-4-3-5(16)14-12(15)18/h3-4,7-11,19-21H,1-2H3,(H2-,14,16,18,22,23,24)/p+1/t7-,8-,9-,10-,11?/m1/s1. The van der Waals surface area contributed by atoms with Crippen LogP contribution in [0.15, 0.2) is 21.9 Å². The molecule has 0 aromatic carbocycles. The van der Waals surface area contributed by atoms with Crippen molar-refractivity contribution < 1.29 is 48.0 Å². The third kappa shape index (κ3) is 4.28. The first kappa shape index (κ1) is 22.4. The maximum absolute atomic E-state index is 12.8. The fourth-order valence-corrected chi connectivity index (χ4v) is 5.92. The van der Waals surface area contributed by atoms with E-state index in [1.807, 2.05) is 4.98 Å². The fourth-order valence-electron chi connectivity index (χ4n) is 3.34. The minimum Gasteiger partial charge on any atom is -0.341 e. The number of nitrogens with one attached hydrogen (secondary N) is 1. The molecule has 6 N–H and O–H groups in total. The summed E-state index contributed by atoms with van der Waals surface area (Å²) in [5, 5.41) is -2.86. The summed E-state index contributed by atoms with van der Waals surface area (Å²) in [6.07, 6.45) is -4.56. The van der Waals surface area contributed by atoms with Crippen LogP contribution in [0, 0.1) is 0 Å². The van der Waals surface area contributed by atoms with Crippen LogP contribution in [-0.2, 0) is 23.6 Å². The summed E-state index contributed by atoms with van der Waals surface area (Å²) in [6.45, 7) is 2.95. The number of rotatable bonds is 5. The van der Waals surface area contributed by atoms with E-state index >= 15 is 0 Å². The molecule has 0 spiro atoms. The van der Waals surface area contributed by atoms with Crippen LogP contribution in [0.4, 0.5) is 0 Å². The zero-order valence-electron chi connectivity index (χ0n) is 15.0. The second-order valence-electron chi connectivity index (χ2n) is 7.01. The average molecular weight is 457 g/mol. The number of Topliss-reactive ketones (excluding diaryl/α,β-unsaturated/α-hetero) is 1. The summed E-state index contributed by atoms with van der Waals surface area (Å²) in [5.74, 6) is -2.82. The molecule has 14 nitrogen and oxygen atoms in total. The Morgan fingerprint density at radius 2 is 1.83 bits per heavy atom. The zero-order chi connectivity index (χ0) is 21.9. The lowest BCUT2D eigenvalue weighted by Crippen LogP contribution is -2.42. The van der Waals surface area contributed by atoms with Gasteiger partial charge in [-0.25, -0.2) is 4.79 Å². The van der Waals surface area contributed by atoms with Crippen molar-refractivity contribution in [3.8, 4) is 0 Å². The van der Waals surface area contributed by atoms with Crippen LogP contribution >= 0.6 is 15.5 Å². The number of H-pyrrole nitrogens is 1. The van der Waals surface area contributed by atoms with Crippen LogP contribution in [0.3, 0.4) is 0 Å². The molecule has 2 saturated heterocycles. The number of carbonyl (C=O) groups is 1. The van der Waals surface area contributed by atoms with Gasteiger partial charge in [-0.2, -0.15) is 14.7 Å². The van der Waals surface area contributed by atoms with Crippen molar-refractivity contribution in [2.75, 3.05) is 0 Å². The number of fused-ring (bicyclic) bond motifs is 1. The van der Waals surface area contributed by atoms with Crippen LogP contribution in [0.2, 0.25) is 0 Å². The van der Waals surface area contributed by atoms with Crippen LogP contribution in [0.5, 0.6) is 0 Å². The predicted octanol–water partition coefficient (Wildman–Crippen LogP) is -2.23. The highest BCUT2D eigenvalue weighted by Crippen LogP contribution is 2.66. The van der Waals surface area contributed by atoms with Gasteiger partial charge in [-0.15, -0.1) is 0 Å². The number of hydrogen-bond donors (Lipinski definition) is 6. The Labute approximate surface area is 162 Å². The molecule has 1 aromatic heterocycles. The van der Waals surface area contributed by atoms with E-state index in [1.54, 1.807) is 0 Å². The number of ketones is 1. The van der Waals surface area contributed by atoms with Crippen molar-refractivity contribution >= 4 is 21.3 Å². The summed E-state index contributed by atoms with van der Waals surface area (Å²) in [7, 11) is -10.9. The van der Waals surface area contributed by atoms with Crippen molar-refractivity contribution in [3.63, 3.8) is 0 Å². The third-order valence-electron chi connectivity index (χ3n) is 4.34. The summed E-state index contributed by atoms with van der Waals surface area (Å²) >= 11 is 0. The molecule has 1 aromatic rings. The molecule has 2 fully saturated rings. The molecule has 0 aliphatic carbocycles. The lowest BCUT2D eigenvalue weighted by molar-refractivity contribution is -0.197. The maximum atomic E-state index is 12.8. The Morgan fingerprint density at radius 1 is 1.24 bits per heavy atom. The summed E-state index contributed by atoms with van der Waals surface area (Å²) in [4.78, 5) is 85.2. The minimum absolute atomic E-state index is 0.700. The van der Waals surface area contributed by atoms with Crippen LogP contribution < -0.4 is 11.2 Å². The molecule has 0 amide bonds. The minimum atomic E-state index is -5.52. The molecule has 16 heteroatoms. The number of ether oxygens (including phenoxy) is 3. The fraction of sp³-hybridized carbons (Fsp3) is 0.615. The smallest absolute Gasteiger partial charge is 0.341 e. The zero-order valence-corrected chi connectivity index (χ0v) is 16.8. The summed E-state index contributed by atoms with van der Waals surface area (Å²) in [6, 6.07) is 1.00. The highest BCUT2D eigenvalue weighted by Gasteiger charge is 2.66. The van der Waals surface area contributed by atoms with Gasteiger partial charge in [-0.05, 0) is 13.8 Å². The van der Waals surface area contributed by atoms with E-state index in [1.165, 1.54) is 13.8 Å². The Kier molecular flexibility index (Phi) is 5.50. The number of nitrogens with zero attached hydrogens (tertiary/aromatic N) is 1. The molecule has 3 heterocycles. The molecule has 2 aliphatic rings. The predicted molar refractivity (Wildman–Crippen MR) is 93.5 cm³/mol. The van der Waals surface area contributed by atoms with Crippen LogP contribution in [0.25, 0.3) is 0 Å². The van der Waals surface area contributed by atoms with Crippen molar-refractivity contribution in [1.29, 1.82) is 0 Å². The van der Waals surface area contributed by atoms with Gasteiger partial charge >= 0.3 is 26.6 Å². The SMILES string of the molecule is CC1(C)O[C@@H]2[C@H](O1)[C@@H](C(=O)C(P(=O)(O)O)[P+](O)(O)O)O[C@H]2n1ccc(=O)[nH]c1=O. The van der Waals surface area contributed by atoms with E-state index in [0.29, 0.717) is 0 Å². The van der Waals surface area contributed by atoms with Crippen molar-refractivity contribution in [3.05, 3.63) is 33.1 Å². The Hall–Kier alpha value is -1.31. The molecule has 5 atom stereocenters. The first-order valence-electron chi connectivity index (χ1n) is 8.10. The van der Waals surface area contributed by atoms with E-state index < -0.39 is 68.3 Å². The van der Waals surface area contributed by atoms with E-state index in [0.717, 1.165) is 16.8 Å². The number of hydrogen-bond acceptors (Lipinski definition) is 10. The van der Waals surface area contributed by atoms with Gasteiger partial charge in [-0.1, -0.05) is 0 Å².